The number of carbonyl (C=O) groups excluding carboxylic acids is 1. The number of fused-ring (bicyclic) bond motifs is 1. The number of esters is 1. The van der Waals surface area contributed by atoms with Crippen LogP contribution in [-0.4, -0.2) is 11.0 Å². The summed E-state index contributed by atoms with van der Waals surface area (Å²) in [5.74, 6) is 0.134. The number of benzene rings is 2. The fraction of sp³-hybridized carbons (Fsp3) is 0.0667. The number of hydrogen-bond donors (Lipinski definition) is 0. The molecular formula is C15H10ClNO2S. The molecule has 0 fully saturated rings. The van der Waals surface area contributed by atoms with Crippen LogP contribution in [0.15, 0.2) is 41.9 Å². The fourth-order valence-electron chi connectivity index (χ4n) is 1.87. The second kappa shape index (κ2) is 5.23. The summed E-state index contributed by atoms with van der Waals surface area (Å²) in [4.78, 5) is 16.3. The van der Waals surface area contributed by atoms with Crippen molar-refractivity contribution in [1.82, 2.24) is 4.98 Å². The van der Waals surface area contributed by atoms with Gasteiger partial charge >= 0.3 is 5.97 Å². The fourth-order valence-corrected chi connectivity index (χ4v) is 2.81. The van der Waals surface area contributed by atoms with Crippen LogP contribution in [0.4, 0.5) is 0 Å². The Kier molecular flexibility index (Phi) is 3.42. The molecule has 0 bridgehead atoms. The standard InChI is InChI=1S/C15H10ClNO2S/c1-9-6-11(16)3-5-13(9)19-15(18)10-2-4-12-14(7-10)20-8-17-12/h2-8H,1H3. The summed E-state index contributed by atoms with van der Waals surface area (Å²) in [6, 6.07) is 10.5. The van der Waals surface area contributed by atoms with E-state index in [1.807, 2.05) is 13.0 Å². The van der Waals surface area contributed by atoms with E-state index in [2.05, 4.69) is 4.98 Å². The van der Waals surface area contributed by atoms with E-state index >= 15 is 0 Å². The zero-order valence-electron chi connectivity index (χ0n) is 10.6. The molecule has 0 saturated carbocycles. The Bertz CT molecular complexity index is 797. The first-order chi connectivity index (χ1) is 9.63. The maximum absolute atomic E-state index is 12.1. The Hall–Kier alpha value is -1.91. The summed E-state index contributed by atoms with van der Waals surface area (Å²) in [7, 11) is 0. The lowest BCUT2D eigenvalue weighted by atomic mass is 10.2. The third-order valence-electron chi connectivity index (χ3n) is 2.91. The van der Waals surface area contributed by atoms with Crippen molar-refractivity contribution in [2.45, 2.75) is 6.92 Å². The lowest BCUT2D eigenvalue weighted by Gasteiger charge is -2.07. The summed E-state index contributed by atoms with van der Waals surface area (Å²) in [5.41, 5.74) is 3.97. The Morgan fingerprint density at radius 1 is 1.25 bits per heavy atom. The third kappa shape index (κ3) is 2.53. The summed E-state index contributed by atoms with van der Waals surface area (Å²) >= 11 is 7.37. The Morgan fingerprint density at radius 2 is 2.10 bits per heavy atom. The van der Waals surface area contributed by atoms with Crippen molar-refractivity contribution in [3.63, 3.8) is 0 Å². The van der Waals surface area contributed by atoms with Gasteiger partial charge in [0.25, 0.3) is 0 Å². The average Bonchev–Trinajstić information content (AvgIpc) is 2.89. The number of halogens is 1. The van der Waals surface area contributed by atoms with Crippen molar-refractivity contribution in [2.24, 2.45) is 0 Å². The first-order valence-corrected chi connectivity index (χ1v) is 7.21. The zero-order valence-corrected chi connectivity index (χ0v) is 12.2. The lowest BCUT2D eigenvalue weighted by Crippen LogP contribution is -2.09. The summed E-state index contributed by atoms with van der Waals surface area (Å²) in [5, 5.41) is 0.619. The highest BCUT2D eigenvalue weighted by Gasteiger charge is 2.11. The number of aromatic nitrogens is 1. The first kappa shape index (κ1) is 13.1. The molecule has 0 spiro atoms. The van der Waals surface area contributed by atoms with Crippen LogP contribution in [-0.2, 0) is 0 Å². The van der Waals surface area contributed by atoms with Gasteiger partial charge in [-0.25, -0.2) is 9.78 Å². The molecule has 0 saturated heterocycles. The molecule has 0 atom stereocenters. The molecule has 3 rings (SSSR count). The van der Waals surface area contributed by atoms with E-state index in [1.54, 1.807) is 35.8 Å². The van der Waals surface area contributed by atoms with Gasteiger partial charge in [-0.05, 0) is 48.9 Å². The smallest absolute Gasteiger partial charge is 0.343 e. The second-order valence-corrected chi connectivity index (χ2v) is 5.66. The Morgan fingerprint density at radius 3 is 2.90 bits per heavy atom. The molecule has 0 amide bonds. The molecule has 0 aliphatic rings. The predicted molar refractivity (Wildman–Crippen MR) is 80.8 cm³/mol. The molecule has 0 N–H and O–H groups in total. The molecule has 20 heavy (non-hydrogen) atoms. The third-order valence-corrected chi connectivity index (χ3v) is 3.93. The van der Waals surface area contributed by atoms with Gasteiger partial charge in [0.2, 0.25) is 0 Å². The highest BCUT2D eigenvalue weighted by Crippen LogP contribution is 2.24. The lowest BCUT2D eigenvalue weighted by molar-refractivity contribution is 0.0733. The minimum Gasteiger partial charge on any atom is -0.423 e. The van der Waals surface area contributed by atoms with Crippen LogP contribution >= 0.6 is 22.9 Å². The van der Waals surface area contributed by atoms with Crippen LogP contribution in [0.2, 0.25) is 5.02 Å². The molecule has 3 aromatic rings. The Labute approximate surface area is 124 Å². The van der Waals surface area contributed by atoms with Crippen LogP contribution in [0.25, 0.3) is 10.2 Å². The quantitative estimate of drug-likeness (QED) is 0.517. The summed E-state index contributed by atoms with van der Waals surface area (Å²) in [6.07, 6.45) is 0. The van der Waals surface area contributed by atoms with E-state index in [1.165, 1.54) is 11.3 Å². The van der Waals surface area contributed by atoms with Crippen molar-refractivity contribution in [1.29, 1.82) is 0 Å². The van der Waals surface area contributed by atoms with Crippen molar-refractivity contribution in [3.8, 4) is 5.75 Å². The number of thiazole rings is 1. The van der Waals surface area contributed by atoms with Gasteiger partial charge < -0.3 is 4.74 Å². The minimum absolute atomic E-state index is 0.384. The molecule has 3 nitrogen and oxygen atoms in total. The highest BCUT2D eigenvalue weighted by atomic mass is 35.5. The van der Waals surface area contributed by atoms with Crippen molar-refractivity contribution in [3.05, 3.63) is 58.1 Å². The molecule has 0 radical (unpaired) electrons. The molecule has 2 aromatic carbocycles. The van der Waals surface area contributed by atoms with Gasteiger partial charge in [0.05, 0.1) is 21.3 Å². The van der Waals surface area contributed by atoms with Crippen molar-refractivity contribution < 1.29 is 9.53 Å². The number of hydrogen-bond acceptors (Lipinski definition) is 4. The molecule has 1 heterocycles. The number of aryl methyl sites for hydroxylation is 1. The second-order valence-electron chi connectivity index (χ2n) is 4.33. The summed E-state index contributed by atoms with van der Waals surface area (Å²) in [6.45, 7) is 1.85. The molecule has 1 aromatic heterocycles. The molecule has 0 aliphatic carbocycles. The number of rotatable bonds is 2. The molecular weight excluding hydrogens is 294 g/mol. The minimum atomic E-state index is -0.384. The maximum Gasteiger partial charge on any atom is 0.343 e. The van der Waals surface area contributed by atoms with Gasteiger partial charge in [-0.3, -0.25) is 0 Å². The van der Waals surface area contributed by atoms with Gasteiger partial charge in [0, 0.05) is 5.02 Å². The maximum atomic E-state index is 12.1. The van der Waals surface area contributed by atoms with E-state index in [9.17, 15) is 4.79 Å². The topological polar surface area (TPSA) is 39.2 Å². The number of ether oxygens (including phenoxy) is 1. The molecule has 0 unspecified atom stereocenters. The summed E-state index contributed by atoms with van der Waals surface area (Å²) < 4.78 is 6.36. The molecule has 0 aliphatic heterocycles. The molecule has 5 heteroatoms. The van der Waals surface area contributed by atoms with Crippen LogP contribution in [0.3, 0.4) is 0 Å². The van der Waals surface area contributed by atoms with Gasteiger partial charge in [0.15, 0.2) is 0 Å². The van der Waals surface area contributed by atoms with Gasteiger partial charge in [-0.15, -0.1) is 11.3 Å². The largest absolute Gasteiger partial charge is 0.423 e. The van der Waals surface area contributed by atoms with Crippen molar-refractivity contribution >= 4 is 39.1 Å². The van der Waals surface area contributed by atoms with E-state index in [4.69, 9.17) is 16.3 Å². The normalized spacial score (nSPS) is 10.7. The SMILES string of the molecule is Cc1cc(Cl)ccc1OC(=O)c1ccc2ncsc2c1. The predicted octanol–water partition coefficient (Wildman–Crippen LogP) is 4.48. The molecule has 100 valence electrons. The number of nitrogens with zero attached hydrogens (tertiary/aromatic N) is 1. The Balaban J connectivity index is 1.88. The van der Waals surface area contributed by atoms with Gasteiger partial charge in [-0.1, -0.05) is 11.6 Å². The van der Waals surface area contributed by atoms with E-state index in [-0.39, 0.29) is 5.97 Å². The zero-order chi connectivity index (χ0) is 14.1. The highest BCUT2D eigenvalue weighted by molar-refractivity contribution is 7.16. The van der Waals surface area contributed by atoms with E-state index in [0.717, 1.165) is 15.8 Å². The van der Waals surface area contributed by atoms with E-state index < -0.39 is 0 Å². The van der Waals surface area contributed by atoms with Crippen LogP contribution in [0.5, 0.6) is 5.75 Å². The van der Waals surface area contributed by atoms with Crippen LogP contribution in [0.1, 0.15) is 15.9 Å². The van der Waals surface area contributed by atoms with Gasteiger partial charge in [0.1, 0.15) is 5.75 Å². The van der Waals surface area contributed by atoms with Crippen LogP contribution < -0.4 is 4.74 Å². The van der Waals surface area contributed by atoms with E-state index in [0.29, 0.717) is 16.3 Å². The van der Waals surface area contributed by atoms with Crippen LogP contribution in [0, 0.1) is 6.92 Å². The monoisotopic (exact) mass is 303 g/mol. The first-order valence-electron chi connectivity index (χ1n) is 5.95. The number of carbonyl (C=O) groups is 1. The van der Waals surface area contributed by atoms with Gasteiger partial charge in [-0.2, -0.15) is 0 Å². The van der Waals surface area contributed by atoms with Crippen molar-refractivity contribution in [2.75, 3.05) is 0 Å². The average molecular weight is 304 g/mol.